The normalized spacial score (nSPS) is 15.9. The van der Waals surface area contributed by atoms with Crippen molar-refractivity contribution in [2.45, 2.75) is 31.8 Å². The van der Waals surface area contributed by atoms with Gasteiger partial charge in [-0.3, -0.25) is 4.98 Å². The van der Waals surface area contributed by atoms with Gasteiger partial charge in [0.15, 0.2) is 5.65 Å². The lowest BCUT2D eigenvalue weighted by atomic mass is 10.00. The summed E-state index contributed by atoms with van der Waals surface area (Å²) >= 11 is 0. The summed E-state index contributed by atoms with van der Waals surface area (Å²) in [6.07, 6.45) is 5.28. The number of rotatable bonds is 5. The molecule has 0 saturated heterocycles. The molecule has 4 N–H and O–H groups in total. The molecule has 5 aromatic rings. The Kier molecular flexibility index (Phi) is 4.65. The molecule has 0 amide bonds. The Balaban J connectivity index is 1.47. The largest absolute Gasteiger partial charge is 0.493 e. The van der Waals surface area contributed by atoms with Crippen molar-refractivity contribution in [2.24, 2.45) is 4.99 Å². The topological polar surface area (TPSA) is 136 Å². The van der Waals surface area contributed by atoms with Crippen molar-refractivity contribution in [3.8, 4) is 5.88 Å². The Hall–Kier alpha value is -4.47. The van der Waals surface area contributed by atoms with Crippen LogP contribution in [0, 0.1) is 0 Å². The molecule has 0 aliphatic heterocycles. The maximum Gasteiger partial charge on any atom is 0.326 e. The van der Waals surface area contributed by atoms with Crippen molar-refractivity contribution in [1.82, 2.24) is 29.5 Å². The third-order valence-corrected chi connectivity index (χ3v) is 5.89. The molecule has 3 heterocycles. The standard InChI is InChI=1S/C24H22N8O2/c1-13(17-8-4-6-14-5-2-3-7-18(14)17)26-22-29-20-15(11-19-21(33)30-24(34)28-19)12-25-32(20)23(31-22)27-16-9-10-16/h2-8,11-13,16,33H,9-10H2,1H3,(H,26,27,31)(H2,28,30,34)/b15-11+/t13-/m1/s1. The number of aromatic nitrogens is 6. The molecule has 10 heteroatoms. The molecule has 1 aliphatic carbocycles. The van der Waals surface area contributed by atoms with E-state index < -0.39 is 5.69 Å². The van der Waals surface area contributed by atoms with Crippen molar-refractivity contribution in [1.29, 1.82) is 0 Å². The van der Waals surface area contributed by atoms with Gasteiger partial charge in [-0.05, 0) is 42.2 Å². The van der Waals surface area contributed by atoms with Crippen molar-refractivity contribution in [3.05, 3.63) is 81.2 Å². The summed E-state index contributed by atoms with van der Waals surface area (Å²) in [6.45, 7) is 2.07. The van der Waals surface area contributed by atoms with Gasteiger partial charge in [0.05, 0.1) is 18.3 Å². The number of nitrogens with one attached hydrogen (secondary N) is 3. The van der Waals surface area contributed by atoms with Gasteiger partial charge in [0.1, 0.15) is 5.69 Å². The molecule has 1 saturated carbocycles. The van der Waals surface area contributed by atoms with E-state index in [1.54, 1.807) is 16.8 Å². The fourth-order valence-electron chi connectivity index (χ4n) is 4.04. The van der Waals surface area contributed by atoms with Crippen molar-refractivity contribution in [2.75, 3.05) is 5.32 Å². The predicted octanol–water partition coefficient (Wildman–Crippen LogP) is 1.78. The zero-order chi connectivity index (χ0) is 23.2. The van der Waals surface area contributed by atoms with Crippen molar-refractivity contribution < 1.29 is 5.11 Å². The van der Waals surface area contributed by atoms with E-state index in [1.807, 2.05) is 18.2 Å². The quantitative estimate of drug-likeness (QED) is 0.320. The van der Waals surface area contributed by atoms with Gasteiger partial charge in [-0.2, -0.15) is 19.6 Å². The smallest absolute Gasteiger partial charge is 0.326 e. The SMILES string of the molecule is C[C@@H](Nc1nc(=NC2CC2)n2nc/c(=C\c3[nH]c(=O)[nH]c3O)c2n1)c1cccc2ccccc12. The van der Waals surface area contributed by atoms with Crippen LogP contribution in [-0.2, 0) is 0 Å². The average Bonchev–Trinajstić information content (AvgIpc) is 3.47. The molecule has 0 bridgehead atoms. The molecule has 0 radical (unpaired) electrons. The minimum absolute atomic E-state index is 0.0669. The van der Waals surface area contributed by atoms with Gasteiger partial charge in [0.2, 0.25) is 11.8 Å². The van der Waals surface area contributed by atoms with Crippen LogP contribution in [0.2, 0.25) is 0 Å². The van der Waals surface area contributed by atoms with Crippen LogP contribution in [0.4, 0.5) is 5.95 Å². The number of H-pyrrole nitrogens is 2. The van der Waals surface area contributed by atoms with Crippen molar-refractivity contribution in [3.63, 3.8) is 0 Å². The van der Waals surface area contributed by atoms with E-state index in [-0.39, 0.29) is 23.7 Å². The lowest BCUT2D eigenvalue weighted by Crippen LogP contribution is -2.25. The van der Waals surface area contributed by atoms with Gasteiger partial charge in [-0.25, -0.2) is 9.79 Å². The Morgan fingerprint density at radius 3 is 2.79 bits per heavy atom. The maximum atomic E-state index is 11.5. The fourth-order valence-corrected chi connectivity index (χ4v) is 4.04. The average molecular weight is 454 g/mol. The van der Waals surface area contributed by atoms with Gasteiger partial charge >= 0.3 is 5.69 Å². The first-order valence-corrected chi connectivity index (χ1v) is 11.1. The highest BCUT2D eigenvalue weighted by molar-refractivity contribution is 5.86. The van der Waals surface area contributed by atoms with Gasteiger partial charge in [0.25, 0.3) is 5.62 Å². The number of anilines is 1. The Labute approximate surface area is 192 Å². The number of nitrogens with zero attached hydrogens (tertiary/aromatic N) is 5. The zero-order valence-electron chi connectivity index (χ0n) is 18.4. The first kappa shape index (κ1) is 20.2. The third-order valence-electron chi connectivity index (χ3n) is 5.89. The summed E-state index contributed by atoms with van der Waals surface area (Å²) in [4.78, 5) is 30.5. The molecule has 6 rings (SSSR count). The molecular weight excluding hydrogens is 432 g/mol. The van der Waals surface area contributed by atoms with Gasteiger partial charge in [0, 0.05) is 5.22 Å². The number of hydrogen-bond acceptors (Lipinski definition) is 7. The van der Waals surface area contributed by atoms with Gasteiger partial charge < -0.3 is 15.4 Å². The summed E-state index contributed by atoms with van der Waals surface area (Å²) < 4.78 is 1.58. The maximum absolute atomic E-state index is 11.5. The van der Waals surface area contributed by atoms with Crippen molar-refractivity contribution >= 4 is 28.4 Å². The molecule has 170 valence electrons. The van der Waals surface area contributed by atoms with E-state index in [0.717, 1.165) is 18.4 Å². The molecule has 2 aromatic carbocycles. The van der Waals surface area contributed by atoms with E-state index in [9.17, 15) is 9.90 Å². The van der Waals surface area contributed by atoms with Gasteiger partial charge in [-0.1, -0.05) is 42.5 Å². The van der Waals surface area contributed by atoms with Crippen LogP contribution in [0.5, 0.6) is 5.88 Å². The number of benzene rings is 2. The molecule has 0 unspecified atom stereocenters. The monoisotopic (exact) mass is 454 g/mol. The van der Waals surface area contributed by atoms with Crippen LogP contribution >= 0.6 is 0 Å². The van der Waals surface area contributed by atoms with E-state index in [0.29, 0.717) is 22.4 Å². The molecule has 0 spiro atoms. The highest BCUT2D eigenvalue weighted by atomic mass is 16.3. The predicted molar refractivity (Wildman–Crippen MR) is 127 cm³/mol. The van der Waals surface area contributed by atoms with Crippen LogP contribution in [0.25, 0.3) is 22.5 Å². The Morgan fingerprint density at radius 1 is 1.18 bits per heavy atom. The minimum atomic E-state index is -0.495. The highest BCUT2D eigenvalue weighted by Crippen LogP contribution is 2.26. The number of hydrogen-bond donors (Lipinski definition) is 4. The highest BCUT2D eigenvalue weighted by Gasteiger charge is 2.21. The molecule has 1 aliphatic rings. The van der Waals surface area contributed by atoms with E-state index in [4.69, 9.17) is 9.98 Å². The lowest BCUT2D eigenvalue weighted by molar-refractivity contribution is 0.454. The molecular formula is C24H22N8O2. The second-order valence-corrected chi connectivity index (χ2v) is 8.46. The summed E-state index contributed by atoms with van der Waals surface area (Å²) in [5.74, 6) is 0.179. The van der Waals surface area contributed by atoms with Crippen LogP contribution in [-0.4, -0.2) is 40.7 Å². The third kappa shape index (κ3) is 3.68. The number of aromatic hydroxyl groups is 1. The van der Waals surface area contributed by atoms with Crippen LogP contribution in [0.1, 0.15) is 37.1 Å². The molecule has 34 heavy (non-hydrogen) atoms. The number of aromatic amines is 2. The lowest BCUT2D eigenvalue weighted by Gasteiger charge is -2.16. The molecule has 10 nitrogen and oxygen atoms in total. The van der Waals surface area contributed by atoms with Gasteiger partial charge in [-0.15, -0.1) is 0 Å². The minimum Gasteiger partial charge on any atom is -0.493 e. The molecule has 1 fully saturated rings. The Bertz CT molecular complexity index is 1710. The van der Waals surface area contributed by atoms with Crippen LogP contribution < -0.4 is 21.8 Å². The number of fused-ring (bicyclic) bond motifs is 2. The summed E-state index contributed by atoms with van der Waals surface area (Å²) in [6, 6.07) is 14.7. The summed E-state index contributed by atoms with van der Waals surface area (Å²) in [5.41, 5.74) is 1.87. The fraction of sp³-hybridized carbons (Fsp3) is 0.208. The Morgan fingerprint density at radius 2 is 2.00 bits per heavy atom. The first-order valence-electron chi connectivity index (χ1n) is 11.1. The number of imidazole rings is 1. The molecule has 3 aromatic heterocycles. The van der Waals surface area contributed by atoms with Crippen LogP contribution in [0.3, 0.4) is 0 Å². The summed E-state index contributed by atoms with van der Waals surface area (Å²) in [7, 11) is 0. The summed E-state index contributed by atoms with van der Waals surface area (Å²) in [5, 5.41) is 20.7. The second-order valence-electron chi connectivity index (χ2n) is 8.46. The van der Waals surface area contributed by atoms with E-state index >= 15 is 0 Å². The van der Waals surface area contributed by atoms with E-state index in [1.165, 1.54) is 10.8 Å². The van der Waals surface area contributed by atoms with E-state index in [2.05, 4.69) is 56.6 Å². The first-order chi connectivity index (χ1) is 16.5. The molecule has 1 atom stereocenters. The second kappa shape index (κ2) is 7.84. The zero-order valence-corrected chi connectivity index (χ0v) is 18.4. The van der Waals surface area contributed by atoms with Crippen LogP contribution in [0.15, 0.2) is 58.4 Å².